The van der Waals surface area contributed by atoms with Gasteiger partial charge >= 0.3 is 5.97 Å². The first-order chi connectivity index (χ1) is 12.9. The number of para-hydroxylation sites is 2. The van der Waals surface area contributed by atoms with E-state index < -0.39 is 30.5 Å². The van der Waals surface area contributed by atoms with Crippen LogP contribution in [0.3, 0.4) is 0 Å². The van der Waals surface area contributed by atoms with Gasteiger partial charge in [0, 0.05) is 5.69 Å². The minimum absolute atomic E-state index is 0.281. The van der Waals surface area contributed by atoms with E-state index in [0.29, 0.717) is 17.1 Å². The van der Waals surface area contributed by atoms with Crippen LogP contribution in [0, 0.1) is 13.8 Å². The van der Waals surface area contributed by atoms with Gasteiger partial charge in [-0.05, 0) is 49.2 Å². The van der Waals surface area contributed by atoms with Crippen molar-refractivity contribution in [2.75, 3.05) is 17.2 Å². The highest BCUT2D eigenvalue weighted by molar-refractivity contribution is 5.99. The van der Waals surface area contributed by atoms with Gasteiger partial charge in [-0.3, -0.25) is 14.4 Å². The van der Waals surface area contributed by atoms with Crippen LogP contribution < -0.4 is 15.4 Å². The molecule has 0 saturated carbocycles. The zero-order valence-electron chi connectivity index (χ0n) is 15.1. The van der Waals surface area contributed by atoms with Gasteiger partial charge in [-0.1, -0.05) is 18.2 Å². The molecule has 0 aromatic heterocycles. The molecular weight excluding hydrogens is 348 g/mol. The van der Waals surface area contributed by atoms with Gasteiger partial charge in [-0.25, -0.2) is 0 Å². The van der Waals surface area contributed by atoms with E-state index in [1.54, 1.807) is 30.3 Å². The number of hydrogen-bond donors (Lipinski definition) is 2. The van der Waals surface area contributed by atoms with E-state index in [0.717, 1.165) is 11.1 Å². The topological polar surface area (TPSA) is 93.7 Å². The summed E-state index contributed by atoms with van der Waals surface area (Å²) in [7, 11) is 0. The lowest BCUT2D eigenvalue weighted by molar-refractivity contribution is -0.150. The minimum atomic E-state index is -0.991. The molecule has 0 spiro atoms. The molecule has 0 bridgehead atoms. The summed E-state index contributed by atoms with van der Waals surface area (Å²) >= 11 is 0. The van der Waals surface area contributed by atoms with Crippen LogP contribution in [-0.2, 0) is 19.1 Å². The van der Waals surface area contributed by atoms with E-state index in [2.05, 4.69) is 10.6 Å². The molecule has 7 heteroatoms. The van der Waals surface area contributed by atoms with Crippen LogP contribution in [0.5, 0.6) is 5.75 Å². The fraction of sp³-hybridized carbons (Fsp3) is 0.250. The van der Waals surface area contributed by atoms with Gasteiger partial charge in [0.15, 0.2) is 12.7 Å². The fourth-order valence-corrected chi connectivity index (χ4v) is 2.60. The van der Waals surface area contributed by atoms with Gasteiger partial charge in [-0.2, -0.15) is 0 Å². The van der Waals surface area contributed by atoms with Gasteiger partial charge < -0.3 is 20.1 Å². The van der Waals surface area contributed by atoms with Crippen molar-refractivity contribution in [3.8, 4) is 5.75 Å². The van der Waals surface area contributed by atoms with Gasteiger partial charge in [0.05, 0.1) is 12.1 Å². The first-order valence-electron chi connectivity index (χ1n) is 8.51. The number of esters is 1. The second kappa shape index (κ2) is 7.90. The van der Waals surface area contributed by atoms with Crippen LogP contribution in [-0.4, -0.2) is 30.5 Å². The minimum Gasteiger partial charge on any atom is -0.478 e. The summed E-state index contributed by atoms with van der Waals surface area (Å²) < 4.78 is 10.5. The molecule has 1 heterocycles. The Morgan fingerprint density at radius 2 is 1.93 bits per heavy atom. The SMILES string of the molecule is Cc1ccc(NC(=O)COC(=O)CC2Oc3ccccc3NC2=O)cc1C. The van der Waals surface area contributed by atoms with Crippen molar-refractivity contribution in [1.29, 1.82) is 0 Å². The predicted octanol–water partition coefficient (Wildman–Crippen LogP) is 2.57. The number of carbonyl (C=O) groups excluding carboxylic acids is 3. The van der Waals surface area contributed by atoms with Crippen LogP contribution in [0.15, 0.2) is 42.5 Å². The van der Waals surface area contributed by atoms with Crippen molar-refractivity contribution in [3.05, 3.63) is 53.6 Å². The zero-order valence-corrected chi connectivity index (χ0v) is 15.1. The first-order valence-corrected chi connectivity index (χ1v) is 8.51. The van der Waals surface area contributed by atoms with Crippen molar-refractivity contribution in [2.45, 2.75) is 26.4 Å². The van der Waals surface area contributed by atoms with E-state index >= 15 is 0 Å². The van der Waals surface area contributed by atoms with Crippen LogP contribution >= 0.6 is 0 Å². The number of carbonyl (C=O) groups is 3. The Bertz CT molecular complexity index is 894. The number of nitrogens with one attached hydrogen (secondary N) is 2. The number of ether oxygens (including phenoxy) is 2. The molecule has 0 saturated heterocycles. The Balaban J connectivity index is 1.49. The lowest BCUT2D eigenvalue weighted by Gasteiger charge is -2.25. The second-order valence-electron chi connectivity index (χ2n) is 6.30. The molecule has 2 aromatic rings. The summed E-state index contributed by atoms with van der Waals surface area (Å²) in [6, 6.07) is 12.5. The summed E-state index contributed by atoms with van der Waals surface area (Å²) in [5.41, 5.74) is 3.35. The average Bonchev–Trinajstić information content (AvgIpc) is 2.64. The molecular formula is C20H20N2O5. The Morgan fingerprint density at radius 1 is 1.15 bits per heavy atom. The molecule has 140 valence electrons. The lowest BCUT2D eigenvalue weighted by Crippen LogP contribution is -2.39. The number of rotatable bonds is 5. The lowest BCUT2D eigenvalue weighted by atomic mass is 10.1. The van der Waals surface area contributed by atoms with Gasteiger partial charge in [0.25, 0.3) is 11.8 Å². The van der Waals surface area contributed by atoms with Crippen LogP contribution in [0.1, 0.15) is 17.5 Å². The number of anilines is 2. The molecule has 0 aliphatic carbocycles. The quantitative estimate of drug-likeness (QED) is 0.791. The van der Waals surface area contributed by atoms with E-state index in [1.165, 1.54) is 0 Å². The number of fused-ring (bicyclic) bond motifs is 1. The molecule has 3 rings (SSSR count). The smallest absolute Gasteiger partial charge is 0.310 e. The van der Waals surface area contributed by atoms with E-state index in [4.69, 9.17) is 9.47 Å². The van der Waals surface area contributed by atoms with Crippen molar-refractivity contribution in [1.82, 2.24) is 0 Å². The number of hydrogen-bond acceptors (Lipinski definition) is 5. The number of amides is 2. The third-order valence-corrected chi connectivity index (χ3v) is 4.21. The van der Waals surface area contributed by atoms with E-state index in [1.807, 2.05) is 26.0 Å². The monoisotopic (exact) mass is 368 g/mol. The highest BCUT2D eigenvalue weighted by Crippen LogP contribution is 2.29. The summed E-state index contributed by atoms with van der Waals surface area (Å²) in [4.78, 5) is 35.9. The Labute approximate surface area is 156 Å². The van der Waals surface area contributed by atoms with Crippen LogP contribution in [0.4, 0.5) is 11.4 Å². The average molecular weight is 368 g/mol. The fourth-order valence-electron chi connectivity index (χ4n) is 2.60. The highest BCUT2D eigenvalue weighted by Gasteiger charge is 2.30. The highest BCUT2D eigenvalue weighted by atomic mass is 16.5. The number of aryl methyl sites for hydroxylation is 2. The first kappa shape index (κ1) is 18.4. The molecule has 1 atom stereocenters. The zero-order chi connectivity index (χ0) is 19.4. The van der Waals surface area contributed by atoms with E-state index in [-0.39, 0.29) is 6.42 Å². The predicted molar refractivity (Wildman–Crippen MR) is 99.6 cm³/mol. The second-order valence-corrected chi connectivity index (χ2v) is 6.30. The van der Waals surface area contributed by atoms with Crippen molar-refractivity contribution in [3.63, 3.8) is 0 Å². The van der Waals surface area contributed by atoms with Crippen molar-refractivity contribution >= 4 is 29.2 Å². The van der Waals surface area contributed by atoms with Crippen LogP contribution in [0.2, 0.25) is 0 Å². The molecule has 1 unspecified atom stereocenters. The standard InChI is InChI=1S/C20H20N2O5/c1-12-7-8-14(9-13(12)2)21-18(23)11-26-19(24)10-17-20(25)22-15-5-3-4-6-16(15)27-17/h3-9,17H,10-11H2,1-2H3,(H,21,23)(H,22,25). The number of benzene rings is 2. The van der Waals surface area contributed by atoms with Gasteiger partial charge in [0.1, 0.15) is 5.75 Å². The summed E-state index contributed by atoms with van der Waals surface area (Å²) in [6.45, 7) is 3.49. The molecule has 0 fully saturated rings. The summed E-state index contributed by atoms with van der Waals surface area (Å²) in [5.74, 6) is -1.08. The van der Waals surface area contributed by atoms with Crippen molar-refractivity contribution in [2.24, 2.45) is 0 Å². The largest absolute Gasteiger partial charge is 0.478 e. The van der Waals surface area contributed by atoms with E-state index in [9.17, 15) is 14.4 Å². The third-order valence-electron chi connectivity index (χ3n) is 4.21. The molecule has 1 aliphatic heterocycles. The maximum absolute atomic E-state index is 12.0. The summed E-state index contributed by atoms with van der Waals surface area (Å²) in [5, 5.41) is 5.34. The Hall–Kier alpha value is -3.35. The molecule has 2 amide bonds. The molecule has 2 aromatic carbocycles. The molecule has 2 N–H and O–H groups in total. The van der Waals surface area contributed by atoms with Crippen molar-refractivity contribution < 1.29 is 23.9 Å². The normalized spacial score (nSPS) is 15.2. The maximum Gasteiger partial charge on any atom is 0.310 e. The molecule has 1 aliphatic rings. The summed E-state index contributed by atoms with van der Waals surface area (Å²) in [6.07, 6.45) is -1.27. The Kier molecular flexibility index (Phi) is 5.40. The molecule has 7 nitrogen and oxygen atoms in total. The third kappa shape index (κ3) is 4.63. The Morgan fingerprint density at radius 3 is 2.70 bits per heavy atom. The van der Waals surface area contributed by atoms with Crippen LogP contribution in [0.25, 0.3) is 0 Å². The maximum atomic E-state index is 12.0. The van der Waals surface area contributed by atoms with Gasteiger partial charge in [-0.15, -0.1) is 0 Å². The molecule has 0 radical (unpaired) electrons. The molecule has 27 heavy (non-hydrogen) atoms. The van der Waals surface area contributed by atoms with Gasteiger partial charge in [0.2, 0.25) is 0 Å².